The van der Waals surface area contributed by atoms with Gasteiger partial charge in [0.2, 0.25) is 0 Å². The van der Waals surface area contributed by atoms with E-state index in [4.69, 9.17) is 14.2 Å². The fourth-order valence-corrected chi connectivity index (χ4v) is 3.18. The van der Waals surface area contributed by atoms with Crippen molar-refractivity contribution in [2.45, 2.75) is 44.9 Å². The average Bonchev–Trinajstić information content (AvgIpc) is 2.61. The van der Waals surface area contributed by atoms with E-state index in [2.05, 4.69) is 5.32 Å². The van der Waals surface area contributed by atoms with Crippen LogP contribution in [0, 0.1) is 0 Å². The molecule has 0 fully saturated rings. The quantitative estimate of drug-likeness (QED) is 0.884. The lowest BCUT2D eigenvalue weighted by atomic mass is 9.89. The monoisotopic (exact) mass is 355 g/mol. The minimum absolute atomic E-state index is 0.119. The van der Waals surface area contributed by atoms with Crippen LogP contribution in [-0.2, 0) is 4.79 Å². The Morgan fingerprint density at radius 2 is 1.81 bits per heavy atom. The summed E-state index contributed by atoms with van der Waals surface area (Å²) < 4.78 is 17.1. The second kappa shape index (κ2) is 7.28. The molecule has 3 rings (SSSR count). The molecule has 1 heterocycles. The second-order valence-corrected chi connectivity index (χ2v) is 7.08. The van der Waals surface area contributed by atoms with Crippen molar-refractivity contribution in [3.8, 4) is 17.2 Å². The molecule has 138 valence electrons. The van der Waals surface area contributed by atoms with Crippen molar-refractivity contribution >= 4 is 5.91 Å². The summed E-state index contributed by atoms with van der Waals surface area (Å²) in [6, 6.07) is 15.0. The molecule has 1 amide bonds. The zero-order valence-corrected chi connectivity index (χ0v) is 15.6. The Morgan fingerprint density at radius 1 is 1.15 bits per heavy atom. The van der Waals surface area contributed by atoms with Crippen LogP contribution in [0.15, 0.2) is 48.5 Å². The largest absolute Gasteiger partial charge is 0.493 e. The Morgan fingerprint density at radius 3 is 2.54 bits per heavy atom. The lowest BCUT2D eigenvalue weighted by Crippen LogP contribution is -2.44. The van der Waals surface area contributed by atoms with Crippen molar-refractivity contribution in [2.24, 2.45) is 0 Å². The molecule has 26 heavy (non-hydrogen) atoms. The van der Waals surface area contributed by atoms with Crippen LogP contribution in [0.3, 0.4) is 0 Å². The third-order valence-electron chi connectivity index (χ3n) is 4.43. The number of hydrogen-bond donors (Lipinski definition) is 1. The number of fused-ring (bicyclic) bond motifs is 1. The van der Waals surface area contributed by atoms with Crippen molar-refractivity contribution < 1.29 is 19.0 Å². The molecular weight excluding hydrogens is 330 g/mol. The Kier molecular flexibility index (Phi) is 5.07. The lowest BCUT2D eigenvalue weighted by molar-refractivity contribution is -0.128. The standard InChI is InChI=1S/C21H25NO4/c1-14(25-19-12-8-7-11-18(19)24-4)20(23)22-16-13-21(2,3)26-17-10-6-5-9-15(16)17/h5-12,14,16H,13H2,1-4H3,(H,22,23). The first-order chi connectivity index (χ1) is 12.4. The van der Waals surface area contributed by atoms with Gasteiger partial charge < -0.3 is 19.5 Å². The van der Waals surface area contributed by atoms with Crippen LogP contribution < -0.4 is 19.5 Å². The van der Waals surface area contributed by atoms with Gasteiger partial charge in [-0.1, -0.05) is 30.3 Å². The molecule has 0 aromatic heterocycles. The summed E-state index contributed by atoms with van der Waals surface area (Å²) in [5, 5.41) is 3.10. The maximum Gasteiger partial charge on any atom is 0.261 e. The van der Waals surface area contributed by atoms with Gasteiger partial charge in [0.25, 0.3) is 5.91 Å². The molecular formula is C21H25NO4. The highest BCUT2D eigenvalue weighted by Gasteiger charge is 2.35. The maximum absolute atomic E-state index is 12.7. The predicted molar refractivity (Wildman–Crippen MR) is 99.7 cm³/mol. The van der Waals surface area contributed by atoms with Gasteiger partial charge in [-0.2, -0.15) is 0 Å². The third-order valence-corrected chi connectivity index (χ3v) is 4.43. The van der Waals surface area contributed by atoms with E-state index in [0.717, 1.165) is 11.3 Å². The number of amides is 1. The first kappa shape index (κ1) is 18.1. The van der Waals surface area contributed by atoms with E-state index in [0.29, 0.717) is 17.9 Å². The molecule has 1 N–H and O–H groups in total. The van der Waals surface area contributed by atoms with Crippen molar-refractivity contribution in [3.63, 3.8) is 0 Å². The van der Waals surface area contributed by atoms with Gasteiger partial charge in [-0.15, -0.1) is 0 Å². The molecule has 2 aromatic rings. The van der Waals surface area contributed by atoms with Crippen LogP contribution >= 0.6 is 0 Å². The van der Waals surface area contributed by atoms with Gasteiger partial charge in [-0.25, -0.2) is 0 Å². The molecule has 0 radical (unpaired) electrons. The number of rotatable bonds is 5. The Bertz CT molecular complexity index is 787. The topological polar surface area (TPSA) is 56.8 Å². The molecule has 5 heteroatoms. The number of nitrogens with one attached hydrogen (secondary N) is 1. The number of hydrogen-bond acceptors (Lipinski definition) is 4. The molecule has 1 aliphatic rings. The third kappa shape index (κ3) is 3.93. The summed E-state index contributed by atoms with van der Waals surface area (Å²) in [7, 11) is 1.58. The normalized spacial score (nSPS) is 18.8. The second-order valence-electron chi connectivity index (χ2n) is 7.08. The van der Waals surface area contributed by atoms with Crippen LogP contribution in [0.1, 0.15) is 38.8 Å². The van der Waals surface area contributed by atoms with E-state index in [1.807, 2.05) is 50.2 Å². The lowest BCUT2D eigenvalue weighted by Gasteiger charge is -2.38. The number of methoxy groups -OCH3 is 1. The summed E-state index contributed by atoms with van der Waals surface area (Å²) in [6.07, 6.45) is 0.0429. The van der Waals surface area contributed by atoms with Gasteiger partial charge in [0.05, 0.1) is 13.2 Å². The molecule has 5 nitrogen and oxygen atoms in total. The van der Waals surface area contributed by atoms with Gasteiger partial charge in [0, 0.05) is 12.0 Å². The van der Waals surface area contributed by atoms with Gasteiger partial charge in [-0.3, -0.25) is 4.79 Å². The van der Waals surface area contributed by atoms with Crippen LogP contribution in [0.25, 0.3) is 0 Å². The van der Waals surface area contributed by atoms with Crippen LogP contribution in [-0.4, -0.2) is 24.7 Å². The molecule has 0 aliphatic carbocycles. The fourth-order valence-electron chi connectivity index (χ4n) is 3.18. The molecule has 0 saturated heterocycles. The van der Waals surface area contributed by atoms with E-state index in [-0.39, 0.29) is 17.6 Å². The van der Waals surface area contributed by atoms with E-state index >= 15 is 0 Å². The maximum atomic E-state index is 12.7. The molecule has 0 spiro atoms. The van der Waals surface area contributed by atoms with E-state index in [1.165, 1.54) is 0 Å². The summed E-state index contributed by atoms with van der Waals surface area (Å²) in [5.74, 6) is 1.79. The minimum atomic E-state index is -0.649. The SMILES string of the molecule is COc1ccccc1OC(C)C(=O)NC1CC(C)(C)Oc2ccccc21. The average molecular weight is 355 g/mol. The number of carbonyl (C=O) groups excluding carboxylic acids is 1. The zero-order chi connectivity index (χ0) is 18.7. The van der Waals surface area contributed by atoms with Crippen molar-refractivity contribution in [3.05, 3.63) is 54.1 Å². The Hall–Kier alpha value is -2.69. The smallest absolute Gasteiger partial charge is 0.261 e. The highest BCUT2D eigenvalue weighted by Crippen LogP contribution is 2.39. The van der Waals surface area contributed by atoms with Crippen LogP contribution in [0.2, 0.25) is 0 Å². The van der Waals surface area contributed by atoms with Gasteiger partial charge in [0.15, 0.2) is 17.6 Å². The first-order valence-electron chi connectivity index (χ1n) is 8.77. The summed E-state index contributed by atoms with van der Waals surface area (Å²) in [4.78, 5) is 12.7. The number of ether oxygens (including phenoxy) is 3. The van der Waals surface area contributed by atoms with Crippen molar-refractivity contribution in [2.75, 3.05) is 7.11 Å². The number of carbonyl (C=O) groups is 1. The Labute approximate surface area is 154 Å². The molecule has 2 aromatic carbocycles. The molecule has 2 atom stereocenters. The van der Waals surface area contributed by atoms with E-state index in [9.17, 15) is 4.79 Å². The van der Waals surface area contributed by atoms with Gasteiger partial charge in [-0.05, 0) is 39.0 Å². The highest BCUT2D eigenvalue weighted by atomic mass is 16.5. The van der Waals surface area contributed by atoms with Crippen molar-refractivity contribution in [1.29, 1.82) is 0 Å². The summed E-state index contributed by atoms with van der Waals surface area (Å²) in [6.45, 7) is 5.78. The van der Waals surface area contributed by atoms with E-state index < -0.39 is 6.10 Å². The molecule has 0 bridgehead atoms. The fraction of sp³-hybridized carbons (Fsp3) is 0.381. The number of para-hydroxylation sites is 3. The molecule has 0 saturated carbocycles. The minimum Gasteiger partial charge on any atom is -0.493 e. The number of benzene rings is 2. The van der Waals surface area contributed by atoms with Crippen LogP contribution in [0.4, 0.5) is 0 Å². The molecule has 1 aliphatic heterocycles. The summed E-state index contributed by atoms with van der Waals surface area (Å²) in [5.41, 5.74) is 0.642. The van der Waals surface area contributed by atoms with Gasteiger partial charge in [0.1, 0.15) is 11.4 Å². The first-order valence-corrected chi connectivity index (χ1v) is 8.77. The summed E-state index contributed by atoms with van der Waals surface area (Å²) >= 11 is 0. The van der Waals surface area contributed by atoms with E-state index in [1.54, 1.807) is 26.2 Å². The van der Waals surface area contributed by atoms with Crippen molar-refractivity contribution in [1.82, 2.24) is 5.32 Å². The van der Waals surface area contributed by atoms with Crippen LogP contribution in [0.5, 0.6) is 17.2 Å². The molecule has 2 unspecified atom stereocenters. The zero-order valence-electron chi connectivity index (χ0n) is 15.6. The van der Waals surface area contributed by atoms with Gasteiger partial charge >= 0.3 is 0 Å². The highest BCUT2D eigenvalue weighted by molar-refractivity contribution is 5.81. The predicted octanol–water partition coefficient (Wildman–Crippen LogP) is 3.88. The Balaban J connectivity index is 1.73.